The molecule has 1 heterocycles. The molecule has 3 rings (SSSR count). The second-order valence-corrected chi connectivity index (χ2v) is 5.70. The zero-order valence-corrected chi connectivity index (χ0v) is 12.7. The molecule has 1 atom stereocenters. The SMILES string of the molecule is Cc1c(Br)cccc1C(NN)c1c[nH]c2ccccc12. The molecule has 3 aromatic rings. The van der Waals surface area contributed by atoms with E-state index in [2.05, 4.69) is 51.5 Å². The highest BCUT2D eigenvalue weighted by Gasteiger charge is 2.18. The zero-order valence-electron chi connectivity index (χ0n) is 11.2. The highest BCUT2D eigenvalue weighted by molar-refractivity contribution is 9.10. The third kappa shape index (κ3) is 2.16. The second kappa shape index (κ2) is 5.40. The number of fused-ring (bicyclic) bond motifs is 1. The molecule has 1 unspecified atom stereocenters. The van der Waals surface area contributed by atoms with E-state index in [1.807, 2.05) is 30.5 Å². The van der Waals surface area contributed by atoms with Gasteiger partial charge in [-0.05, 0) is 30.2 Å². The fourth-order valence-corrected chi connectivity index (χ4v) is 3.00. The smallest absolute Gasteiger partial charge is 0.0733 e. The minimum Gasteiger partial charge on any atom is -0.361 e. The Morgan fingerprint density at radius 1 is 1.10 bits per heavy atom. The number of aromatic amines is 1. The van der Waals surface area contributed by atoms with Crippen molar-refractivity contribution in [2.75, 3.05) is 0 Å². The van der Waals surface area contributed by atoms with Crippen molar-refractivity contribution in [3.8, 4) is 0 Å². The van der Waals surface area contributed by atoms with Crippen molar-refractivity contribution in [2.24, 2.45) is 5.84 Å². The molecule has 0 saturated carbocycles. The van der Waals surface area contributed by atoms with Crippen LogP contribution >= 0.6 is 15.9 Å². The molecule has 1 aromatic heterocycles. The maximum absolute atomic E-state index is 5.83. The predicted octanol–water partition coefficient (Wildman–Crippen LogP) is 3.79. The van der Waals surface area contributed by atoms with Gasteiger partial charge in [0.15, 0.2) is 0 Å². The van der Waals surface area contributed by atoms with Crippen molar-refractivity contribution >= 4 is 26.8 Å². The summed E-state index contributed by atoms with van der Waals surface area (Å²) in [7, 11) is 0. The van der Waals surface area contributed by atoms with Crippen LogP contribution in [0.1, 0.15) is 22.7 Å². The highest BCUT2D eigenvalue weighted by Crippen LogP contribution is 2.32. The zero-order chi connectivity index (χ0) is 14.1. The monoisotopic (exact) mass is 329 g/mol. The average Bonchev–Trinajstić information content (AvgIpc) is 2.88. The Labute approximate surface area is 126 Å². The van der Waals surface area contributed by atoms with Gasteiger partial charge in [0, 0.05) is 27.1 Å². The van der Waals surface area contributed by atoms with Gasteiger partial charge in [-0.3, -0.25) is 5.84 Å². The molecule has 0 saturated heterocycles. The summed E-state index contributed by atoms with van der Waals surface area (Å²) in [5.74, 6) is 5.83. The Morgan fingerprint density at radius 3 is 2.70 bits per heavy atom. The molecule has 4 heteroatoms. The molecule has 0 aliphatic heterocycles. The number of aromatic nitrogens is 1. The lowest BCUT2D eigenvalue weighted by Gasteiger charge is -2.19. The fourth-order valence-electron chi connectivity index (χ4n) is 2.62. The van der Waals surface area contributed by atoms with Crippen LogP contribution in [-0.4, -0.2) is 4.98 Å². The van der Waals surface area contributed by atoms with E-state index in [-0.39, 0.29) is 6.04 Å². The molecule has 3 nitrogen and oxygen atoms in total. The second-order valence-electron chi connectivity index (χ2n) is 4.84. The highest BCUT2D eigenvalue weighted by atomic mass is 79.9. The summed E-state index contributed by atoms with van der Waals surface area (Å²) in [6.07, 6.45) is 2.02. The van der Waals surface area contributed by atoms with Gasteiger partial charge in [-0.1, -0.05) is 46.3 Å². The van der Waals surface area contributed by atoms with Crippen LogP contribution in [0, 0.1) is 6.92 Å². The first kappa shape index (κ1) is 13.4. The van der Waals surface area contributed by atoms with Crippen LogP contribution in [0.25, 0.3) is 10.9 Å². The minimum atomic E-state index is -0.0383. The first-order valence-corrected chi connectivity index (χ1v) is 7.29. The van der Waals surface area contributed by atoms with E-state index in [4.69, 9.17) is 5.84 Å². The van der Waals surface area contributed by atoms with Crippen molar-refractivity contribution in [1.82, 2.24) is 10.4 Å². The van der Waals surface area contributed by atoms with E-state index < -0.39 is 0 Å². The molecule has 20 heavy (non-hydrogen) atoms. The maximum Gasteiger partial charge on any atom is 0.0733 e. The lowest BCUT2D eigenvalue weighted by molar-refractivity contribution is 0.637. The van der Waals surface area contributed by atoms with Gasteiger partial charge in [-0.15, -0.1) is 0 Å². The topological polar surface area (TPSA) is 53.8 Å². The number of nitrogens with one attached hydrogen (secondary N) is 2. The van der Waals surface area contributed by atoms with Gasteiger partial charge in [0.25, 0.3) is 0 Å². The van der Waals surface area contributed by atoms with Gasteiger partial charge < -0.3 is 4.98 Å². The molecule has 0 fully saturated rings. The van der Waals surface area contributed by atoms with Crippen LogP contribution in [0.3, 0.4) is 0 Å². The molecule has 0 bridgehead atoms. The van der Waals surface area contributed by atoms with Crippen molar-refractivity contribution in [3.05, 3.63) is 69.8 Å². The summed E-state index contributed by atoms with van der Waals surface area (Å²) < 4.78 is 1.09. The number of hydrogen-bond donors (Lipinski definition) is 3. The number of benzene rings is 2. The number of hydrazine groups is 1. The van der Waals surface area contributed by atoms with Crippen molar-refractivity contribution in [2.45, 2.75) is 13.0 Å². The molecule has 4 N–H and O–H groups in total. The number of rotatable bonds is 3. The lowest BCUT2D eigenvalue weighted by atomic mass is 9.95. The van der Waals surface area contributed by atoms with Gasteiger partial charge in [0.05, 0.1) is 6.04 Å². The van der Waals surface area contributed by atoms with Gasteiger partial charge in [0.2, 0.25) is 0 Å². The third-order valence-electron chi connectivity index (χ3n) is 3.72. The Hall–Kier alpha value is -1.62. The molecule has 0 aliphatic carbocycles. The number of hydrogen-bond acceptors (Lipinski definition) is 2. The number of H-pyrrole nitrogens is 1. The van der Waals surface area contributed by atoms with E-state index in [0.717, 1.165) is 15.6 Å². The summed E-state index contributed by atoms with van der Waals surface area (Å²) in [6.45, 7) is 2.10. The van der Waals surface area contributed by atoms with Crippen LogP contribution in [0.2, 0.25) is 0 Å². The van der Waals surface area contributed by atoms with Crippen LogP contribution in [0.4, 0.5) is 0 Å². The van der Waals surface area contributed by atoms with Gasteiger partial charge in [-0.2, -0.15) is 0 Å². The Kier molecular flexibility index (Phi) is 3.61. The molecule has 2 aromatic carbocycles. The van der Waals surface area contributed by atoms with E-state index in [1.165, 1.54) is 16.5 Å². The lowest BCUT2D eigenvalue weighted by Crippen LogP contribution is -2.29. The Bertz CT molecular complexity index is 748. The Morgan fingerprint density at radius 2 is 1.90 bits per heavy atom. The predicted molar refractivity (Wildman–Crippen MR) is 86.3 cm³/mol. The molecular weight excluding hydrogens is 314 g/mol. The van der Waals surface area contributed by atoms with Crippen LogP contribution < -0.4 is 11.3 Å². The summed E-state index contributed by atoms with van der Waals surface area (Å²) in [6, 6.07) is 14.4. The van der Waals surface area contributed by atoms with Crippen LogP contribution in [0.15, 0.2) is 53.1 Å². The van der Waals surface area contributed by atoms with E-state index >= 15 is 0 Å². The van der Waals surface area contributed by atoms with Gasteiger partial charge >= 0.3 is 0 Å². The normalized spacial score (nSPS) is 12.8. The minimum absolute atomic E-state index is 0.0383. The molecule has 0 radical (unpaired) electrons. The number of halogens is 1. The summed E-state index contributed by atoms with van der Waals surface area (Å²) in [5.41, 5.74) is 7.59. The van der Waals surface area contributed by atoms with Crippen LogP contribution in [-0.2, 0) is 0 Å². The van der Waals surface area contributed by atoms with Crippen molar-refractivity contribution < 1.29 is 0 Å². The fraction of sp³-hybridized carbons (Fsp3) is 0.125. The first-order valence-electron chi connectivity index (χ1n) is 6.49. The number of nitrogens with two attached hydrogens (primary N) is 1. The molecular formula is C16H16BrN3. The summed E-state index contributed by atoms with van der Waals surface area (Å²) >= 11 is 3.58. The van der Waals surface area contributed by atoms with Gasteiger partial charge in [0.1, 0.15) is 0 Å². The number of para-hydroxylation sites is 1. The molecule has 102 valence electrons. The third-order valence-corrected chi connectivity index (χ3v) is 4.58. The molecule has 0 aliphatic rings. The summed E-state index contributed by atoms with van der Waals surface area (Å²) in [5, 5.41) is 1.19. The Balaban J connectivity index is 2.17. The standard InChI is InChI=1S/C16H16BrN3/c1-10-11(6-4-7-14(10)17)16(20-18)13-9-19-15-8-3-2-5-12(13)15/h2-9,16,19-20H,18H2,1H3. The van der Waals surface area contributed by atoms with Crippen molar-refractivity contribution in [3.63, 3.8) is 0 Å². The average molecular weight is 330 g/mol. The molecule has 0 amide bonds. The van der Waals surface area contributed by atoms with E-state index in [1.54, 1.807) is 0 Å². The van der Waals surface area contributed by atoms with Crippen molar-refractivity contribution in [1.29, 1.82) is 0 Å². The van der Waals surface area contributed by atoms with E-state index in [9.17, 15) is 0 Å². The van der Waals surface area contributed by atoms with Crippen LogP contribution in [0.5, 0.6) is 0 Å². The summed E-state index contributed by atoms with van der Waals surface area (Å²) in [4.78, 5) is 3.30. The van der Waals surface area contributed by atoms with E-state index in [0.29, 0.717) is 0 Å². The maximum atomic E-state index is 5.83. The first-order chi connectivity index (χ1) is 9.72. The quantitative estimate of drug-likeness (QED) is 0.505. The molecule has 0 spiro atoms. The van der Waals surface area contributed by atoms with Gasteiger partial charge in [-0.25, -0.2) is 5.43 Å². The largest absolute Gasteiger partial charge is 0.361 e.